The first-order chi connectivity index (χ1) is 19.2. The van der Waals surface area contributed by atoms with Gasteiger partial charge in [0.05, 0.1) is 24.6 Å². The number of aliphatic hydroxyl groups excluding tert-OH is 2. The zero-order valence-corrected chi connectivity index (χ0v) is 23.8. The largest absolute Gasteiger partial charge is 0.481 e. The van der Waals surface area contributed by atoms with Gasteiger partial charge in [0.25, 0.3) is 0 Å². The minimum atomic E-state index is -1.61. The Labute approximate surface area is 238 Å². The Morgan fingerprint density at radius 2 is 1.46 bits per heavy atom. The highest BCUT2D eigenvalue weighted by Gasteiger charge is 2.45. The standard InChI is InChI=1S/C26H42N6O9/c1-12(2)19-24(39)27-13(3)21(36)28-15(11-18(34)35)22(37)30-20(14(4)33)26(41)32-10-6-8-17(32)25(40)31-9-5-7-16(31)23(38)29-19/h12-17,19-20,24,27,33,39H,5-11H2,1-4H3,(H,28,36)(H,29,38)(H,30,37)(H,34,35)/t13-,14+,15-,16-,17-,19-,20-,24?/m0/s1. The van der Waals surface area contributed by atoms with E-state index in [-0.39, 0.29) is 12.5 Å². The molecule has 7 N–H and O–H groups in total. The molecule has 0 bridgehead atoms. The van der Waals surface area contributed by atoms with Crippen molar-refractivity contribution >= 4 is 35.5 Å². The lowest BCUT2D eigenvalue weighted by Crippen LogP contribution is -2.63. The highest BCUT2D eigenvalue weighted by molar-refractivity contribution is 5.97. The molecule has 0 aromatic carbocycles. The second-order valence-electron chi connectivity index (χ2n) is 11.4. The van der Waals surface area contributed by atoms with Crippen molar-refractivity contribution in [2.75, 3.05) is 13.1 Å². The molecule has 0 radical (unpaired) electrons. The number of nitrogens with zero attached hydrogens (tertiary/aromatic N) is 2. The Morgan fingerprint density at radius 3 is 2.02 bits per heavy atom. The summed E-state index contributed by atoms with van der Waals surface area (Å²) in [6.07, 6.45) is -1.88. The lowest BCUT2D eigenvalue weighted by Gasteiger charge is -2.35. The Morgan fingerprint density at radius 1 is 0.878 bits per heavy atom. The van der Waals surface area contributed by atoms with E-state index >= 15 is 0 Å². The second-order valence-corrected chi connectivity index (χ2v) is 11.4. The summed E-state index contributed by atoms with van der Waals surface area (Å²) in [4.78, 5) is 80.9. The molecule has 3 rings (SSSR count). The molecule has 3 aliphatic heterocycles. The van der Waals surface area contributed by atoms with E-state index in [4.69, 9.17) is 0 Å². The fraction of sp³-hybridized carbons (Fsp3) is 0.769. The number of carbonyl (C=O) groups excluding carboxylic acids is 5. The van der Waals surface area contributed by atoms with E-state index < -0.39 is 90.5 Å². The third-order valence-corrected chi connectivity index (χ3v) is 7.90. The number of hydrogen-bond donors (Lipinski definition) is 7. The summed E-state index contributed by atoms with van der Waals surface area (Å²) >= 11 is 0. The maximum Gasteiger partial charge on any atom is 0.305 e. The molecule has 1 unspecified atom stereocenters. The number of nitrogens with one attached hydrogen (secondary N) is 4. The van der Waals surface area contributed by atoms with E-state index in [9.17, 15) is 44.1 Å². The molecule has 3 fully saturated rings. The van der Waals surface area contributed by atoms with E-state index in [0.717, 1.165) is 0 Å². The fourth-order valence-electron chi connectivity index (χ4n) is 5.59. The van der Waals surface area contributed by atoms with Crippen LogP contribution < -0.4 is 21.3 Å². The zero-order valence-electron chi connectivity index (χ0n) is 23.8. The fourth-order valence-corrected chi connectivity index (χ4v) is 5.59. The van der Waals surface area contributed by atoms with Crippen LogP contribution in [-0.2, 0) is 28.8 Å². The monoisotopic (exact) mass is 582 g/mol. The van der Waals surface area contributed by atoms with Crippen molar-refractivity contribution < 1.29 is 44.1 Å². The summed E-state index contributed by atoms with van der Waals surface area (Å²) < 4.78 is 0. The molecule has 0 aromatic rings. The number of carboxylic acid groups (broad SMARTS) is 1. The smallest absolute Gasteiger partial charge is 0.305 e. The summed E-state index contributed by atoms with van der Waals surface area (Å²) in [7, 11) is 0. The van der Waals surface area contributed by atoms with Gasteiger partial charge < -0.3 is 41.1 Å². The van der Waals surface area contributed by atoms with Crippen molar-refractivity contribution in [2.24, 2.45) is 5.92 Å². The number of carboxylic acids is 1. The molecule has 0 aliphatic carbocycles. The molecule has 5 amide bonds. The number of fused-ring (bicyclic) bond motifs is 2. The van der Waals surface area contributed by atoms with E-state index in [1.807, 2.05) is 0 Å². The van der Waals surface area contributed by atoms with Gasteiger partial charge >= 0.3 is 5.97 Å². The van der Waals surface area contributed by atoms with Crippen LogP contribution in [-0.4, -0.2) is 122 Å². The molecule has 230 valence electrons. The van der Waals surface area contributed by atoms with Gasteiger partial charge in [-0.05, 0) is 45.4 Å². The van der Waals surface area contributed by atoms with Crippen LogP contribution in [0.3, 0.4) is 0 Å². The van der Waals surface area contributed by atoms with Crippen LogP contribution in [0, 0.1) is 5.92 Å². The summed E-state index contributed by atoms with van der Waals surface area (Å²) in [5.41, 5.74) is 0. The summed E-state index contributed by atoms with van der Waals surface area (Å²) in [5, 5.41) is 40.8. The van der Waals surface area contributed by atoms with Gasteiger partial charge in [0.1, 0.15) is 30.4 Å². The SMILES string of the molecule is CC(C)[C@@H]1NC(=O)[C@@H]2CCCN2C(=O)[C@@H]2CCCN2C(=O)[C@H]([C@@H](C)O)NC(=O)[C@H](CC(=O)O)NC(=O)[C@H](C)NC1O. The molecule has 8 atom stereocenters. The van der Waals surface area contributed by atoms with Crippen molar-refractivity contribution in [1.82, 2.24) is 31.1 Å². The van der Waals surface area contributed by atoms with Gasteiger partial charge in [-0.3, -0.25) is 34.1 Å². The Balaban J connectivity index is 2.01. The van der Waals surface area contributed by atoms with Gasteiger partial charge in [0.15, 0.2) is 0 Å². The van der Waals surface area contributed by atoms with Gasteiger partial charge in [0, 0.05) is 13.1 Å². The maximum atomic E-state index is 13.7. The highest BCUT2D eigenvalue weighted by Crippen LogP contribution is 2.26. The lowest BCUT2D eigenvalue weighted by molar-refractivity contribution is -0.149. The number of carbonyl (C=O) groups is 6. The molecule has 3 saturated heterocycles. The van der Waals surface area contributed by atoms with Crippen LogP contribution in [0.2, 0.25) is 0 Å². The molecular weight excluding hydrogens is 540 g/mol. The third-order valence-electron chi connectivity index (χ3n) is 7.90. The zero-order chi connectivity index (χ0) is 30.6. The predicted octanol–water partition coefficient (Wildman–Crippen LogP) is -2.76. The Bertz CT molecular complexity index is 1040. The van der Waals surface area contributed by atoms with Crippen LogP contribution in [0.5, 0.6) is 0 Å². The molecule has 15 nitrogen and oxygen atoms in total. The van der Waals surface area contributed by atoms with Crippen molar-refractivity contribution in [2.45, 2.75) is 108 Å². The van der Waals surface area contributed by atoms with Crippen LogP contribution in [0.25, 0.3) is 0 Å². The molecule has 3 heterocycles. The summed E-state index contributed by atoms with van der Waals surface area (Å²) in [6.45, 7) is 6.66. The minimum absolute atomic E-state index is 0.180. The van der Waals surface area contributed by atoms with Crippen molar-refractivity contribution in [3.05, 3.63) is 0 Å². The number of amides is 5. The van der Waals surface area contributed by atoms with Crippen LogP contribution in [0.15, 0.2) is 0 Å². The van der Waals surface area contributed by atoms with Gasteiger partial charge in [0.2, 0.25) is 29.5 Å². The Hall–Kier alpha value is -3.30. The van der Waals surface area contributed by atoms with Gasteiger partial charge in [-0.2, -0.15) is 0 Å². The average Bonchev–Trinajstić information content (AvgIpc) is 3.58. The Kier molecular flexibility index (Phi) is 10.7. The summed E-state index contributed by atoms with van der Waals surface area (Å²) in [5.74, 6) is -5.14. The van der Waals surface area contributed by atoms with Crippen molar-refractivity contribution in [1.29, 1.82) is 0 Å². The van der Waals surface area contributed by atoms with Crippen molar-refractivity contribution in [3.8, 4) is 0 Å². The van der Waals surface area contributed by atoms with Crippen LogP contribution >= 0.6 is 0 Å². The topological polar surface area (TPSA) is 218 Å². The normalized spacial score (nSPS) is 33.3. The molecular formula is C26H42N6O9. The van der Waals surface area contributed by atoms with E-state index in [1.165, 1.54) is 23.6 Å². The van der Waals surface area contributed by atoms with Crippen molar-refractivity contribution in [3.63, 3.8) is 0 Å². The molecule has 15 heteroatoms. The van der Waals surface area contributed by atoms with E-state index in [1.54, 1.807) is 13.8 Å². The predicted molar refractivity (Wildman–Crippen MR) is 143 cm³/mol. The van der Waals surface area contributed by atoms with Crippen LogP contribution in [0.4, 0.5) is 0 Å². The second kappa shape index (κ2) is 13.6. The molecule has 0 spiro atoms. The molecule has 3 aliphatic rings. The molecule has 0 saturated carbocycles. The first kappa shape index (κ1) is 32.2. The lowest BCUT2D eigenvalue weighted by atomic mass is 10.0. The van der Waals surface area contributed by atoms with Gasteiger partial charge in [-0.25, -0.2) is 0 Å². The van der Waals surface area contributed by atoms with E-state index in [2.05, 4.69) is 21.3 Å². The third kappa shape index (κ3) is 7.51. The first-order valence-electron chi connectivity index (χ1n) is 14.1. The quantitative estimate of drug-likeness (QED) is 0.181. The summed E-state index contributed by atoms with van der Waals surface area (Å²) in [6, 6.07) is -6.87. The van der Waals surface area contributed by atoms with Gasteiger partial charge in [-0.15, -0.1) is 0 Å². The minimum Gasteiger partial charge on any atom is -0.481 e. The number of aliphatic carboxylic acids is 1. The molecule has 41 heavy (non-hydrogen) atoms. The maximum absolute atomic E-state index is 13.7. The number of aliphatic hydroxyl groups is 2. The van der Waals surface area contributed by atoms with E-state index in [0.29, 0.717) is 32.2 Å². The highest BCUT2D eigenvalue weighted by atomic mass is 16.4. The van der Waals surface area contributed by atoms with Gasteiger partial charge in [-0.1, -0.05) is 13.8 Å². The average molecular weight is 583 g/mol. The molecule has 0 aromatic heterocycles. The number of rotatable bonds is 4. The first-order valence-corrected chi connectivity index (χ1v) is 14.1. The van der Waals surface area contributed by atoms with Crippen LogP contribution in [0.1, 0.15) is 59.8 Å². The number of hydrogen-bond acceptors (Lipinski definition) is 9.